The molecular formula is C23H30O2. The number of aryl methyl sites for hydroxylation is 1. The zero-order valence-corrected chi connectivity index (χ0v) is 15.5. The molecule has 2 nitrogen and oxygen atoms in total. The lowest BCUT2D eigenvalue weighted by Crippen LogP contribution is -1.99. The van der Waals surface area contributed by atoms with Gasteiger partial charge in [0.2, 0.25) is 0 Å². The Kier molecular flexibility index (Phi) is 7.72. The first-order chi connectivity index (χ1) is 12.1. The van der Waals surface area contributed by atoms with Crippen molar-refractivity contribution in [3.8, 4) is 11.1 Å². The highest BCUT2D eigenvalue weighted by molar-refractivity contribution is 5.71. The first kappa shape index (κ1) is 19.2. The van der Waals surface area contributed by atoms with Crippen LogP contribution >= 0.6 is 0 Å². The van der Waals surface area contributed by atoms with Gasteiger partial charge in [0.1, 0.15) is 0 Å². The van der Waals surface area contributed by atoms with Crippen LogP contribution in [0.4, 0.5) is 0 Å². The van der Waals surface area contributed by atoms with Crippen molar-refractivity contribution >= 4 is 5.97 Å². The summed E-state index contributed by atoms with van der Waals surface area (Å²) in [6.45, 7) is 4.58. The van der Waals surface area contributed by atoms with Gasteiger partial charge in [0.15, 0.2) is 0 Å². The minimum atomic E-state index is -0.790. The van der Waals surface area contributed by atoms with Crippen molar-refractivity contribution in [1.29, 1.82) is 0 Å². The molecule has 2 aromatic rings. The lowest BCUT2D eigenvalue weighted by molar-refractivity contribution is -0.136. The number of rotatable bonds is 10. The van der Waals surface area contributed by atoms with Crippen LogP contribution in [-0.2, 0) is 17.6 Å². The van der Waals surface area contributed by atoms with Gasteiger partial charge in [-0.15, -0.1) is 0 Å². The van der Waals surface area contributed by atoms with Gasteiger partial charge in [-0.1, -0.05) is 88.1 Å². The van der Waals surface area contributed by atoms with E-state index in [1.807, 2.05) is 24.3 Å². The first-order valence-electron chi connectivity index (χ1n) is 9.52. The standard InChI is InChI=1S/C23H30O2/c1-3-6-18(4-2)7-5-8-19-9-13-21(14-10-19)22-15-11-20(12-16-22)17-23(24)25/h9-16,18H,3-8,17H2,1-2H3,(H,24,25). The van der Waals surface area contributed by atoms with Crippen molar-refractivity contribution in [2.24, 2.45) is 5.92 Å². The Labute approximate surface area is 151 Å². The first-order valence-corrected chi connectivity index (χ1v) is 9.52. The molecule has 2 aromatic carbocycles. The fraction of sp³-hybridized carbons (Fsp3) is 0.435. The molecule has 1 unspecified atom stereocenters. The van der Waals surface area contributed by atoms with Crippen LogP contribution in [0.1, 0.15) is 57.1 Å². The van der Waals surface area contributed by atoms with Gasteiger partial charge in [-0.25, -0.2) is 0 Å². The minimum absolute atomic E-state index is 0.0794. The largest absolute Gasteiger partial charge is 0.481 e. The fourth-order valence-electron chi connectivity index (χ4n) is 3.41. The molecule has 0 aliphatic carbocycles. The molecule has 1 N–H and O–H groups in total. The summed E-state index contributed by atoms with van der Waals surface area (Å²) in [5, 5.41) is 8.83. The Balaban J connectivity index is 1.90. The molecule has 0 aromatic heterocycles. The van der Waals surface area contributed by atoms with Crippen LogP contribution in [0, 0.1) is 5.92 Å². The number of aliphatic carboxylic acids is 1. The lowest BCUT2D eigenvalue weighted by atomic mass is 9.93. The monoisotopic (exact) mass is 338 g/mol. The van der Waals surface area contributed by atoms with Crippen molar-refractivity contribution < 1.29 is 9.90 Å². The normalized spacial score (nSPS) is 12.1. The van der Waals surface area contributed by atoms with Crippen LogP contribution in [0.5, 0.6) is 0 Å². The van der Waals surface area contributed by atoms with E-state index in [-0.39, 0.29) is 6.42 Å². The van der Waals surface area contributed by atoms with E-state index in [0.29, 0.717) is 0 Å². The van der Waals surface area contributed by atoms with Crippen LogP contribution in [0.2, 0.25) is 0 Å². The maximum absolute atomic E-state index is 10.7. The molecule has 25 heavy (non-hydrogen) atoms. The van der Waals surface area contributed by atoms with Crippen LogP contribution < -0.4 is 0 Å². The maximum atomic E-state index is 10.7. The number of carboxylic acid groups (broad SMARTS) is 1. The highest BCUT2D eigenvalue weighted by atomic mass is 16.4. The summed E-state index contributed by atoms with van der Waals surface area (Å²) in [7, 11) is 0. The molecule has 0 fully saturated rings. The summed E-state index contributed by atoms with van der Waals surface area (Å²) < 4.78 is 0. The lowest BCUT2D eigenvalue weighted by Gasteiger charge is -2.13. The molecule has 0 bridgehead atoms. The molecule has 0 aliphatic rings. The number of carbonyl (C=O) groups is 1. The Morgan fingerprint density at radius 1 is 0.880 bits per heavy atom. The van der Waals surface area contributed by atoms with Crippen molar-refractivity contribution in [3.05, 3.63) is 59.7 Å². The molecule has 134 valence electrons. The molecule has 2 rings (SSSR count). The predicted octanol–water partition coefficient (Wildman–Crippen LogP) is 6.13. The van der Waals surface area contributed by atoms with E-state index < -0.39 is 5.97 Å². The van der Waals surface area contributed by atoms with Gasteiger partial charge in [-0.05, 0) is 41.0 Å². The van der Waals surface area contributed by atoms with Gasteiger partial charge in [-0.3, -0.25) is 4.79 Å². The maximum Gasteiger partial charge on any atom is 0.307 e. The van der Waals surface area contributed by atoms with Crippen molar-refractivity contribution in [2.45, 2.75) is 58.8 Å². The third-order valence-corrected chi connectivity index (χ3v) is 4.95. The SMILES string of the molecule is CCCC(CC)CCCc1ccc(-c2ccc(CC(=O)O)cc2)cc1. The van der Waals surface area contributed by atoms with E-state index >= 15 is 0 Å². The molecular weight excluding hydrogens is 308 g/mol. The highest BCUT2D eigenvalue weighted by Gasteiger charge is 2.05. The van der Waals surface area contributed by atoms with Gasteiger partial charge >= 0.3 is 5.97 Å². The molecule has 2 heteroatoms. The third-order valence-electron chi connectivity index (χ3n) is 4.95. The summed E-state index contributed by atoms with van der Waals surface area (Å²) >= 11 is 0. The van der Waals surface area contributed by atoms with Gasteiger partial charge in [0, 0.05) is 0 Å². The summed E-state index contributed by atoms with van der Waals surface area (Å²) in [6, 6.07) is 16.6. The summed E-state index contributed by atoms with van der Waals surface area (Å²) in [4.78, 5) is 10.7. The zero-order valence-electron chi connectivity index (χ0n) is 15.5. The second kappa shape index (κ2) is 10.0. The minimum Gasteiger partial charge on any atom is -0.481 e. The molecule has 0 radical (unpaired) electrons. The molecule has 0 saturated heterocycles. The Bertz CT molecular complexity index is 641. The van der Waals surface area contributed by atoms with Gasteiger partial charge < -0.3 is 5.11 Å². The zero-order chi connectivity index (χ0) is 18.1. The quantitative estimate of drug-likeness (QED) is 0.566. The van der Waals surface area contributed by atoms with Crippen molar-refractivity contribution in [3.63, 3.8) is 0 Å². The van der Waals surface area contributed by atoms with Crippen LogP contribution in [0.3, 0.4) is 0 Å². The number of carboxylic acids is 1. The second-order valence-electron chi connectivity index (χ2n) is 6.92. The van der Waals surface area contributed by atoms with Crippen LogP contribution in [0.25, 0.3) is 11.1 Å². The van der Waals surface area contributed by atoms with Crippen LogP contribution in [-0.4, -0.2) is 11.1 Å². The van der Waals surface area contributed by atoms with E-state index in [2.05, 4.69) is 38.1 Å². The summed E-state index contributed by atoms with van der Waals surface area (Å²) in [5.41, 5.74) is 4.56. The number of benzene rings is 2. The van der Waals surface area contributed by atoms with E-state index in [1.165, 1.54) is 43.2 Å². The average molecular weight is 338 g/mol. The molecule has 1 atom stereocenters. The topological polar surface area (TPSA) is 37.3 Å². The number of hydrogen-bond acceptors (Lipinski definition) is 1. The second-order valence-corrected chi connectivity index (χ2v) is 6.92. The van der Waals surface area contributed by atoms with E-state index in [9.17, 15) is 4.79 Å². The fourth-order valence-corrected chi connectivity index (χ4v) is 3.41. The van der Waals surface area contributed by atoms with Crippen LogP contribution in [0.15, 0.2) is 48.5 Å². The summed E-state index contributed by atoms with van der Waals surface area (Å²) in [6.07, 6.45) is 7.77. The van der Waals surface area contributed by atoms with E-state index in [0.717, 1.165) is 23.5 Å². The van der Waals surface area contributed by atoms with Crippen molar-refractivity contribution in [2.75, 3.05) is 0 Å². The third kappa shape index (κ3) is 6.38. The predicted molar refractivity (Wildman–Crippen MR) is 105 cm³/mol. The van der Waals surface area contributed by atoms with Crippen molar-refractivity contribution in [1.82, 2.24) is 0 Å². The number of hydrogen-bond donors (Lipinski definition) is 1. The van der Waals surface area contributed by atoms with E-state index in [4.69, 9.17) is 5.11 Å². The molecule has 0 amide bonds. The summed E-state index contributed by atoms with van der Waals surface area (Å²) in [5.74, 6) is 0.0925. The molecule has 0 heterocycles. The average Bonchev–Trinajstić information content (AvgIpc) is 2.62. The van der Waals surface area contributed by atoms with Gasteiger partial charge in [0.25, 0.3) is 0 Å². The van der Waals surface area contributed by atoms with E-state index in [1.54, 1.807) is 0 Å². The smallest absolute Gasteiger partial charge is 0.307 e. The van der Waals surface area contributed by atoms with Gasteiger partial charge in [-0.2, -0.15) is 0 Å². The Morgan fingerprint density at radius 2 is 1.44 bits per heavy atom. The molecule has 0 spiro atoms. The van der Waals surface area contributed by atoms with Gasteiger partial charge in [0.05, 0.1) is 6.42 Å². The Hall–Kier alpha value is -2.09. The molecule has 0 aliphatic heterocycles. The molecule has 0 saturated carbocycles. The Morgan fingerprint density at radius 3 is 1.92 bits per heavy atom. The highest BCUT2D eigenvalue weighted by Crippen LogP contribution is 2.22.